The summed E-state index contributed by atoms with van der Waals surface area (Å²) in [6.45, 7) is 3.52. The van der Waals surface area contributed by atoms with Gasteiger partial charge in [-0.25, -0.2) is 0 Å². The van der Waals surface area contributed by atoms with E-state index in [9.17, 15) is 5.11 Å². The van der Waals surface area contributed by atoms with Crippen LogP contribution in [-0.2, 0) is 6.42 Å². The molecule has 1 fully saturated rings. The molecule has 2 aromatic carbocycles. The number of phenolic OH excluding ortho intramolecular Hbond substituents is 1. The number of likely N-dealkylation sites (tertiary alicyclic amines) is 1. The third-order valence-corrected chi connectivity index (χ3v) is 4.51. The number of nitrogens with zero attached hydrogens (tertiary/aromatic N) is 1. The van der Waals surface area contributed by atoms with Crippen molar-refractivity contribution in [2.45, 2.75) is 25.2 Å². The van der Waals surface area contributed by atoms with Gasteiger partial charge >= 0.3 is 0 Å². The van der Waals surface area contributed by atoms with Crippen LogP contribution in [0.3, 0.4) is 0 Å². The summed E-state index contributed by atoms with van der Waals surface area (Å²) in [6.07, 6.45) is 3.59. The van der Waals surface area contributed by atoms with Crippen LogP contribution in [-0.4, -0.2) is 29.6 Å². The second-order valence-electron chi connectivity index (χ2n) is 5.94. The molecule has 0 aromatic heterocycles. The van der Waals surface area contributed by atoms with Crippen LogP contribution < -0.4 is 0 Å². The Bertz CT molecular complexity index is 542. The van der Waals surface area contributed by atoms with Crippen molar-refractivity contribution in [3.63, 3.8) is 0 Å². The lowest BCUT2D eigenvalue weighted by atomic mass is 9.89. The molecule has 0 aliphatic carbocycles. The van der Waals surface area contributed by atoms with E-state index in [1.165, 1.54) is 37.1 Å². The summed E-state index contributed by atoms with van der Waals surface area (Å²) in [4.78, 5) is 2.57. The average Bonchev–Trinajstić information content (AvgIpc) is 2.55. The Balaban J connectivity index is 1.48. The van der Waals surface area contributed by atoms with E-state index in [-0.39, 0.29) is 0 Å². The first-order valence-corrected chi connectivity index (χ1v) is 7.86. The van der Waals surface area contributed by atoms with E-state index in [1.54, 1.807) is 12.1 Å². The highest BCUT2D eigenvalue weighted by Crippen LogP contribution is 2.28. The van der Waals surface area contributed by atoms with Gasteiger partial charge in [-0.15, -0.1) is 0 Å². The molecule has 0 bridgehead atoms. The summed E-state index contributed by atoms with van der Waals surface area (Å²) in [5.41, 5.74) is 2.80. The van der Waals surface area contributed by atoms with Crippen LogP contribution in [0, 0.1) is 0 Å². The summed E-state index contributed by atoms with van der Waals surface area (Å²) in [7, 11) is 0. The van der Waals surface area contributed by atoms with Gasteiger partial charge in [0.2, 0.25) is 0 Å². The van der Waals surface area contributed by atoms with Crippen molar-refractivity contribution in [3.05, 3.63) is 65.7 Å². The van der Waals surface area contributed by atoms with Crippen molar-refractivity contribution < 1.29 is 5.11 Å². The summed E-state index contributed by atoms with van der Waals surface area (Å²) < 4.78 is 0. The first kappa shape index (κ1) is 14.2. The number of hydrogen-bond donors (Lipinski definition) is 1. The molecule has 1 N–H and O–H groups in total. The number of phenols is 1. The Labute approximate surface area is 127 Å². The summed E-state index contributed by atoms with van der Waals surface area (Å²) in [5, 5.41) is 9.37. The molecule has 2 heteroatoms. The zero-order chi connectivity index (χ0) is 14.5. The molecule has 2 aromatic rings. The van der Waals surface area contributed by atoms with Gasteiger partial charge in [-0.3, -0.25) is 0 Å². The maximum absolute atomic E-state index is 9.37. The number of aromatic hydroxyl groups is 1. The van der Waals surface area contributed by atoms with E-state index < -0.39 is 0 Å². The van der Waals surface area contributed by atoms with Gasteiger partial charge in [0.05, 0.1) is 0 Å². The average molecular weight is 281 g/mol. The Morgan fingerprint density at radius 1 is 0.905 bits per heavy atom. The van der Waals surface area contributed by atoms with Gasteiger partial charge in [0.15, 0.2) is 0 Å². The first-order chi connectivity index (χ1) is 10.3. The largest absolute Gasteiger partial charge is 0.508 e. The number of rotatable bonds is 4. The van der Waals surface area contributed by atoms with Gasteiger partial charge < -0.3 is 10.0 Å². The van der Waals surface area contributed by atoms with Crippen LogP contribution in [0.2, 0.25) is 0 Å². The molecule has 3 rings (SSSR count). The maximum atomic E-state index is 9.37. The van der Waals surface area contributed by atoms with Gasteiger partial charge in [0.1, 0.15) is 5.75 Å². The van der Waals surface area contributed by atoms with Crippen molar-refractivity contribution in [2.24, 2.45) is 0 Å². The third kappa shape index (κ3) is 3.85. The molecule has 110 valence electrons. The molecule has 1 aliphatic heterocycles. The molecular formula is C19H23NO. The van der Waals surface area contributed by atoms with Gasteiger partial charge in [0.25, 0.3) is 0 Å². The standard InChI is InChI=1S/C19H23NO/c21-19-8-6-17(7-9-19)18-11-14-20(15-12-18)13-10-16-4-2-1-3-5-16/h1-9,18,21H,10-15H2. The molecule has 2 nitrogen and oxygen atoms in total. The van der Waals surface area contributed by atoms with Crippen LogP contribution in [0.5, 0.6) is 5.75 Å². The quantitative estimate of drug-likeness (QED) is 0.921. The van der Waals surface area contributed by atoms with Crippen molar-refractivity contribution in [1.82, 2.24) is 4.90 Å². The predicted octanol–water partition coefficient (Wildman–Crippen LogP) is 3.81. The number of benzene rings is 2. The van der Waals surface area contributed by atoms with Gasteiger partial charge in [-0.1, -0.05) is 42.5 Å². The Hall–Kier alpha value is -1.80. The van der Waals surface area contributed by atoms with Crippen LogP contribution in [0.15, 0.2) is 54.6 Å². The second kappa shape index (κ2) is 6.77. The van der Waals surface area contributed by atoms with E-state index >= 15 is 0 Å². The molecule has 0 amide bonds. The van der Waals surface area contributed by atoms with Crippen LogP contribution in [0.25, 0.3) is 0 Å². The van der Waals surface area contributed by atoms with Crippen LogP contribution in [0.4, 0.5) is 0 Å². The topological polar surface area (TPSA) is 23.5 Å². The Morgan fingerprint density at radius 2 is 1.57 bits per heavy atom. The predicted molar refractivity (Wildman–Crippen MR) is 86.7 cm³/mol. The SMILES string of the molecule is Oc1ccc(C2CCN(CCc3ccccc3)CC2)cc1. The minimum absolute atomic E-state index is 0.360. The summed E-state index contributed by atoms with van der Waals surface area (Å²) in [5.74, 6) is 1.01. The lowest BCUT2D eigenvalue weighted by molar-refractivity contribution is 0.214. The fourth-order valence-electron chi connectivity index (χ4n) is 3.17. The van der Waals surface area contributed by atoms with Crippen molar-refractivity contribution in [2.75, 3.05) is 19.6 Å². The normalized spacial score (nSPS) is 17.0. The maximum Gasteiger partial charge on any atom is 0.115 e. The molecule has 0 radical (unpaired) electrons. The number of piperidine rings is 1. The molecule has 0 saturated carbocycles. The summed E-state index contributed by atoms with van der Waals surface area (Å²) >= 11 is 0. The van der Waals surface area contributed by atoms with Crippen LogP contribution in [0.1, 0.15) is 29.9 Å². The molecule has 0 spiro atoms. The van der Waals surface area contributed by atoms with Crippen molar-refractivity contribution in [1.29, 1.82) is 0 Å². The third-order valence-electron chi connectivity index (χ3n) is 4.51. The highest BCUT2D eigenvalue weighted by Gasteiger charge is 2.20. The monoisotopic (exact) mass is 281 g/mol. The molecule has 1 heterocycles. The minimum Gasteiger partial charge on any atom is -0.508 e. The molecular weight excluding hydrogens is 258 g/mol. The zero-order valence-corrected chi connectivity index (χ0v) is 12.4. The lowest BCUT2D eigenvalue weighted by Crippen LogP contribution is -2.34. The highest BCUT2D eigenvalue weighted by atomic mass is 16.3. The van der Waals surface area contributed by atoms with Crippen LogP contribution >= 0.6 is 0 Å². The lowest BCUT2D eigenvalue weighted by Gasteiger charge is -2.32. The number of hydrogen-bond acceptors (Lipinski definition) is 2. The van der Waals surface area contributed by atoms with E-state index in [4.69, 9.17) is 0 Å². The molecule has 21 heavy (non-hydrogen) atoms. The van der Waals surface area contributed by atoms with E-state index in [1.807, 2.05) is 0 Å². The fourth-order valence-corrected chi connectivity index (χ4v) is 3.17. The molecule has 1 aliphatic rings. The van der Waals surface area contributed by atoms with Gasteiger partial charge in [-0.2, -0.15) is 0 Å². The Kier molecular flexibility index (Phi) is 4.56. The fraction of sp³-hybridized carbons (Fsp3) is 0.368. The Morgan fingerprint density at radius 3 is 2.24 bits per heavy atom. The first-order valence-electron chi connectivity index (χ1n) is 7.86. The smallest absolute Gasteiger partial charge is 0.115 e. The van der Waals surface area contributed by atoms with E-state index in [0.29, 0.717) is 11.7 Å². The van der Waals surface area contributed by atoms with Crippen molar-refractivity contribution >= 4 is 0 Å². The summed E-state index contributed by atoms with van der Waals surface area (Å²) in [6, 6.07) is 18.5. The molecule has 0 atom stereocenters. The highest BCUT2D eigenvalue weighted by molar-refractivity contribution is 5.28. The van der Waals surface area contributed by atoms with Gasteiger partial charge in [-0.05, 0) is 61.5 Å². The van der Waals surface area contributed by atoms with E-state index in [0.717, 1.165) is 13.0 Å². The zero-order valence-electron chi connectivity index (χ0n) is 12.4. The molecule has 0 unspecified atom stereocenters. The second-order valence-corrected chi connectivity index (χ2v) is 5.94. The van der Waals surface area contributed by atoms with Gasteiger partial charge in [0, 0.05) is 6.54 Å². The van der Waals surface area contributed by atoms with E-state index in [2.05, 4.69) is 47.4 Å². The van der Waals surface area contributed by atoms with Crippen molar-refractivity contribution in [3.8, 4) is 5.75 Å². The minimum atomic E-state index is 0.360. The molecule has 1 saturated heterocycles.